The van der Waals surface area contributed by atoms with E-state index in [2.05, 4.69) is 4.99 Å². The monoisotopic (exact) mass is 295 g/mol. The molecule has 0 aromatic heterocycles. The zero-order valence-electron chi connectivity index (χ0n) is 11.5. The molecular weight excluding hydrogens is 283 g/mol. The highest BCUT2D eigenvalue weighted by Gasteiger charge is 2.38. The molecule has 0 saturated heterocycles. The third kappa shape index (κ3) is 1.91. The van der Waals surface area contributed by atoms with E-state index in [1.54, 1.807) is 6.92 Å². The quantitative estimate of drug-likeness (QED) is 0.746. The van der Waals surface area contributed by atoms with Crippen molar-refractivity contribution in [2.24, 2.45) is 4.99 Å². The number of nitrogens with zero attached hydrogens (tertiary/aromatic N) is 3. The van der Waals surface area contributed by atoms with E-state index in [1.807, 2.05) is 0 Å². The molecular formula is C14H12F3N3O. The van der Waals surface area contributed by atoms with E-state index in [1.165, 1.54) is 6.92 Å². The number of guanidine groups is 1. The van der Waals surface area contributed by atoms with Gasteiger partial charge in [-0.2, -0.15) is 4.39 Å². The first kappa shape index (κ1) is 13.7. The number of carbonyl (C=O) groups is 1. The molecule has 7 heteroatoms. The van der Waals surface area contributed by atoms with Crippen LogP contribution in [0.5, 0.6) is 0 Å². The molecule has 0 unspecified atom stereocenters. The van der Waals surface area contributed by atoms with E-state index in [0.717, 1.165) is 15.9 Å². The maximum atomic E-state index is 14.4. The highest BCUT2D eigenvalue weighted by atomic mass is 19.1. The van der Waals surface area contributed by atoms with Gasteiger partial charge in [-0.3, -0.25) is 14.7 Å². The fourth-order valence-corrected chi connectivity index (χ4v) is 2.41. The van der Waals surface area contributed by atoms with Crippen molar-refractivity contribution in [2.75, 3.05) is 18.0 Å². The Morgan fingerprint density at radius 1 is 1.24 bits per heavy atom. The smallest absolute Gasteiger partial charge is 0.262 e. The maximum Gasteiger partial charge on any atom is 0.262 e. The lowest BCUT2D eigenvalue weighted by atomic mass is 10.1. The van der Waals surface area contributed by atoms with Gasteiger partial charge < -0.3 is 0 Å². The second kappa shape index (κ2) is 4.61. The number of benzene rings is 1. The molecule has 0 N–H and O–H groups in total. The van der Waals surface area contributed by atoms with Crippen LogP contribution in [0.4, 0.5) is 18.9 Å². The van der Waals surface area contributed by atoms with Crippen molar-refractivity contribution in [2.45, 2.75) is 13.8 Å². The first-order valence-electron chi connectivity index (χ1n) is 6.40. The zero-order valence-corrected chi connectivity index (χ0v) is 11.5. The summed E-state index contributed by atoms with van der Waals surface area (Å²) in [7, 11) is 0. The Morgan fingerprint density at radius 2 is 1.95 bits per heavy atom. The third-order valence-electron chi connectivity index (χ3n) is 3.66. The first-order chi connectivity index (χ1) is 9.91. The summed E-state index contributed by atoms with van der Waals surface area (Å²) in [6.45, 7) is 3.55. The third-order valence-corrected chi connectivity index (χ3v) is 3.66. The fourth-order valence-electron chi connectivity index (χ4n) is 2.41. The number of hydrogen-bond donors (Lipinski definition) is 0. The van der Waals surface area contributed by atoms with E-state index >= 15 is 0 Å². The van der Waals surface area contributed by atoms with Gasteiger partial charge in [-0.05, 0) is 31.0 Å². The Labute approximate surface area is 119 Å². The largest absolute Gasteiger partial charge is 0.286 e. The molecule has 21 heavy (non-hydrogen) atoms. The van der Waals surface area contributed by atoms with Crippen molar-refractivity contribution in [3.05, 3.63) is 40.9 Å². The minimum Gasteiger partial charge on any atom is -0.286 e. The van der Waals surface area contributed by atoms with Gasteiger partial charge in [0.1, 0.15) is 5.69 Å². The van der Waals surface area contributed by atoms with Gasteiger partial charge >= 0.3 is 0 Å². The number of fused-ring (bicyclic) bond motifs is 1. The SMILES string of the molecule is Cc1cc(F)c(N2C(=O)C=C(F)N3CCN=C32)c(F)c1C. The van der Waals surface area contributed by atoms with Crippen LogP contribution in [-0.2, 0) is 4.79 Å². The van der Waals surface area contributed by atoms with Gasteiger partial charge in [0, 0.05) is 6.54 Å². The predicted molar refractivity (Wildman–Crippen MR) is 71.5 cm³/mol. The lowest BCUT2D eigenvalue weighted by molar-refractivity contribution is -0.113. The van der Waals surface area contributed by atoms with Gasteiger partial charge in [-0.15, -0.1) is 0 Å². The van der Waals surface area contributed by atoms with E-state index in [9.17, 15) is 18.0 Å². The molecule has 2 heterocycles. The van der Waals surface area contributed by atoms with Crippen molar-refractivity contribution >= 4 is 17.6 Å². The van der Waals surface area contributed by atoms with Crippen LogP contribution in [0.2, 0.25) is 0 Å². The molecule has 2 aliphatic rings. The topological polar surface area (TPSA) is 35.9 Å². The Balaban J connectivity index is 2.21. The number of anilines is 1. The summed E-state index contributed by atoms with van der Waals surface area (Å²) in [5.74, 6) is -3.43. The van der Waals surface area contributed by atoms with Crippen LogP contribution in [0, 0.1) is 25.5 Å². The van der Waals surface area contributed by atoms with E-state index in [0.29, 0.717) is 11.6 Å². The number of hydrogen-bond acceptors (Lipinski definition) is 3. The molecule has 1 aromatic rings. The molecule has 0 atom stereocenters. The highest BCUT2D eigenvalue weighted by molar-refractivity contribution is 6.22. The Morgan fingerprint density at radius 3 is 2.67 bits per heavy atom. The zero-order chi connectivity index (χ0) is 15.3. The first-order valence-corrected chi connectivity index (χ1v) is 6.40. The van der Waals surface area contributed by atoms with Crippen LogP contribution in [-0.4, -0.2) is 29.9 Å². The summed E-state index contributed by atoms with van der Waals surface area (Å²) in [5, 5.41) is 0. The highest BCUT2D eigenvalue weighted by Crippen LogP contribution is 2.32. The number of rotatable bonds is 1. The van der Waals surface area contributed by atoms with Crippen LogP contribution in [0.25, 0.3) is 0 Å². The minimum absolute atomic E-state index is 0.0824. The summed E-state index contributed by atoms with van der Waals surface area (Å²) in [4.78, 5) is 17.9. The lowest BCUT2D eigenvalue weighted by Crippen LogP contribution is -2.48. The Kier molecular flexibility index (Phi) is 3.00. The van der Waals surface area contributed by atoms with Crippen molar-refractivity contribution in [3.63, 3.8) is 0 Å². The average molecular weight is 295 g/mol. The lowest BCUT2D eigenvalue weighted by Gasteiger charge is -2.31. The number of aryl methyl sites for hydroxylation is 1. The number of carbonyl (C=O) groups excluding carboxylic acids is 1. The molecule has 0 radical (unpaired) electrons. The van der Waals surface area contributed by atoms with Crippen molar-refractivity contribution in [1.82, 2.24) is 4.90 Å². The van der Waals surface area contributed by atoms with Crippen LogP contribution >= 0.6 is 0 Å². The molecule has 3 rings (SSSR count). The average Bonchev–Trinajstić information content (AvgIpc) is 2.89. The number of amides is 1. The second-order valence-electron chi connectivity index (χ2n) is 4.94. The number of aliphatic imine (C=N–C) groups is 1. The summed E-state index contributed by atoms with van der Waals surface area (Å²) in [6.07, 6.45) is 0.707. The van der Waals surface area contributed by atoms with Crippen LogP contribution < -0.4 is 4.90 Å². The molecule has 0 aliphatic carbocycles. The number of halogens is 3. The van der Waals surface area contributed by atoms with Gasteiger partial charge in [0.15, 0.2) is 11.6 Å². The summed E-state index contributed by atoms with van der Waals surface area (Å²) < 4.78 is 42.3. The van der Waals surface area contributed by atoms with Crippen molar-refractivity contribution < 1.29 is 18.0 Å². The van der Waals surface area contributed by atoms with E-state index in [-0.39, 0.29) is 24.6 Å². The van der Waals surface area contributed by atoms with Gasteiger partial charge in [0.2, 0.25) is 11.9 Å². The van der Waals surface area contributed by atoms with E-state index in [4.69, 9.17) is 0 Å². The standard InChI is InChI=1S/C14H12F3N3O/c1-7-5-9(15)13(12(17)8(7)2)20-11(21)6-10(16)19-4-3-18-14(19)20/h5-6H,3-4H2,1-2H3. The molecule has 1 aromatic carbocycles. The van der Waals surface area contributed by atoms with Gasteiger partial charge in [0.25, 0.3) is 5.91 Å². The molecule has 0 spiro atoms. The molecule has 0 fully saturated rings. The minimum atomic E-state index is -0.880. The summed E-state index contributed by atoms with van der Waals surface area (Å²) in [6, 6.07) is 1.15. The van der Waals surface area contributed by atoms with Crippen molar-refractivity contribution in [1.29, 1.82) is 0 Å². The van der Waals surface area contributed by atoms with Crippen LogP contribution in [0.1, 0.15) is 11.1 Å². The van der Waals surface area contributed by atoms with E-state index < -0.39 is 29.2 Å². The molecule has 110 valence electrons. The summed E-state index contributed by atoms with van der Waals surface area (Å²) >= 11 is 0. The molecule has 4 nitrogen and oxygen atoms in total. The molecule has 0 bridgehead atoms. The Bertz CT molecular complexity index is 712. The van der Waals surface area contributed by atoms with Crippen molar-refractivity contribution in [3.8, 4) is 0 Å². The molecule has 2 aliphatic heterocycles. The molecule has 0 saturated carbocycles. The van der Waals surface area contributed by atoms with Crippen LogP contribution in [0.3, 0.4) is 0 Å². The Hall–Kier alpha value is -2.31. The fraction of sp³-hybridized carbons (Fsp3) is 0.286. The predicted octanol–water partition coefficient (Wildman–Crippen LogP) is 2.41. The van der Waals surface area contributed by atoms with Gasteiger partial charge in [0.05, 0.1) is 12.6 Å². The normalized spacial score (nSPS) is 17.9. The second-order valence-corrected chi connectivity index (χ2v) is 4.94. The molecule has 1 amide bonds. The maximum absolute atomic E-state index is 14.4. The van der Waals surface area contributed by atoms with Crippen LogP contribution in [0.15, 0.2) is 23.1 Å². The van der Waals surface area contributed by atoms with Gasteiger partial charge in [-0.1, -0.05) is 0 Å². The van der Waals surface area contributed by atoms with Gasteiger partial charge in [-0.25, -0.2) is 13.7 Å². The summed E-state index contributed by atoms with van der Waals surface area (Å²) in [5.41, 5.74) is 0.155.